The van der Waals surface area contributed by atoms with Crippen LogP contribution in [0.15, 0.2) is 6.20 Å². The zero-order valence-electron chi connectivity index (χ0n) is 6.54. The fourth-order valence-electron chi connectivity index (χ4n) is 0.837. The first-order valence-corrected chi connectivity index (χ1v) is 4.45. The van der Waals surface area contributed by atoms with E-state index in [1.807, 2.05) is 0 Å². The zero-order valence-corrected chi connectivity index (χ0v) is 8.13. The van der Waals surface area contributed by atoms with Gasteiger partial charge in [0.2, 0.25) is 0 Å². The van der Waals surface area contributed by atoms with Crippen molar-refractivity contribution in [2.75, 3.05) is 11.1 Å². The number of alkyl halides is 1. The lowest BCUT2D eigenvalue weighted by molar-refractivity contribution is 0.101. The number of nitrogen functional groups attached to an aromatic ring is 1. The molecule has 0 amide bonds. The summed E-state index contributed by atoms with van der Waals surface area (Å²) in [7, 11) is 0. The van der Waals surface area contributed by atoms with Crippen molar-refractivity contribution in [1.29, 1.82) is 0 Å². The average Bonchev–Trinajstić information content (AvgIpc) is 2.03. The van der Waals surface area contributed by atoms with E-state index in [-0.39, 0.29) is 11.1 Å². The summed E-state index contributed by atoms with van der Waals surface area (Å²) in [6.07, 6.45) is 1.38. The van der Waals surface area contributed by atoms with Gasteiger partial charge in [-0.2, -0.15) is 0 Å². The van der Waals surface area contributed by atoms with E-state index in [0.29, 0.717) is 17.2 Å². The zero-order chi connectivity index (χ0) is 9.14. The number of aryl methyl sites for hydroxylation is 1. The molecule has 0 aliphatic heterocycles. The highest BCUT2D eigenvalue weighted by Crippen LogP contribution is 2.05. The Morgan fingerprint density at radius 1 is 1.75 bits per heavy atom. The van der Waals surface area contributed by atoms with Gasteiger partial charge in [0.25, 0.3) is 0 Å². The third kappa shape index (κ3) is 1.79. The molecule has 0 radical (unpaired) electrons. The summed E-state index contributed by atoms with van der Waals surface area (Å²) >= 11 is 3.06. The van der Waals surface area contributed by atoms with E-state index >= 15 is 0 Å². The minimum absolute atomic E-state index is 0.0833. The largest absolute Gasteiger partial charge is 0.382 e. The van der Waals surface area contributed by atoms with Crippen LogP contribution in [0.5, 0.6) is 0 Å². The number of carbonyl (C=O) groups is 1. The molecule has 1 aromatic heterocycles. The fraction of sp³-hybridized carbons (Fsp3) is 0.286. The third-order valence-electron chi connectivity index (χ3n) is 1.35. The molecule has 12 heavy (non-hydrogen) atoms. The predicted octanol–water partition coefficient (Wildman–Crippen LogP) is 0.945. The van der Waals surface area contributed by atoms with Crippen LogP contribution in [0, 0.1) is 6.92 Å². The van der Waals surface area contributed by atoms with Gasteiger partial charge in [-0.3, -0.25) is 4.79 Å². The van der Waals surface area contributed by atoms with E-state index in [4.69, 9.17) is 5.73 Å². The molecule has 0 aliphatic carbocycles. The molecule has 0 aliphatic rings. The predicted molar refractivity (Wildman–Crippen MR) is 49.3 cm³/mol. The van der Waals surface area contributed by atoms with Gasteiger partial charge in [-0.15, -0.1) is 0 Å². The van der Waals surface area contributed by atoms with E-state index in [1.54, 1.807) is 6.92 Å². The lowest BCUT2D eigenvalue weighted by Crippen LogP contribution is -2.08. The highest BCUT2D eigenvalue weighted by atomic mass is 79.9. The number of rotatable bonds is 2. The van der Waals surface area contributed by atoms with Crippen LogP contribution in [0.25, 0.3) is 0 Å². The summed E-state index contributed by atoms with van der Waals surface area (Å²) in [5.74, 6) is 0.249. The molecule has 5 heteroatoms. The van der Waals surface area contributed by atoms with Crippen LogP contribution < -0.4 is 5.73 Å². The molecule has 0 aromatic carbocycles. The quantitative estimate of drug-likeness (QED) is 0.606. The Bertz CT molecular complexity index is 314. The standard InChI is InChI=1S/C7H8BrN3O/c1-4-7(5(12)2-8)10-3-6(9)11-4/h3H,2H2,1H3,(H2,9,11). The molecule has 0 saturated carbocycles. The summed E-state index contributed by atoms with van der Waals surface area (Å²) in [4.78, 5) is 19.0. The Labute approximate surface area is 78.3 Å². The molecule has 0 fully saturated rings. The number of aromatic nitrogens is 2. The Kier molecular flexibility index (Phi) is 2.75. The van der Waals surface area contributed by atoms with Gasteiger partial charge in [-0.25, -0.2) is 9.97 Å². The van der Waals surface area contributed by atoms with Crippen LogP contribution >= 0.6 is 15.9 Å². The molecule has 1 heterocycles. The maximum Gasteiger partial charge on any atom is 0.193 e. The monoisotopic (exact) mass is 229 g/mol. The highest BCUT2D eigenvalue weighted by Gasteiger charge is 2.09. The van der Waals surface area contributed by atoms with Gasteiger partial charge in [0.15, 0.2) is 5.78 Å². The summed E-state index contributed by atoms with van der Waals surface area (Å²) in [6, 6.07) is 0. The first kappa shape index (κ1) is 9.12. The number of ketones is 1. The molecule has 64 valence electrons. The molecule has 1 rings (SSSR count). The number of hydrogen-bond donors (Lipinski definition) is 1. The SMILES string of the molecule is Cc1nc(N)cnc1C(=O)CBr. The van der Waals surface area contributed by atoms with Crippen molar-refractivity contribution in [1.82, 2.24) is 9.97 Å². The second-order valence-corrected chi connectivity index (χ2v) is 2.85. The van der Waals surface area contributed by atoms with Crippen molar-refractivity contribution < 1.29 is 4.79 Å². The van der Waals surface area contributed by atoms with Gasteiger partial charge >= 0.3 is 0 Å². The number of carbonyl (C=O) groups excluding carboxylic acids is 1. The molecule has 0 atom stereocenters. The van der Waals surface area contributed by atoms with E-state index in [9.17, 15) is 4.79 Å². The Morgan fingerprint density at radius 2 is 2.42 bits per heavy atom. The van der Waals surface area contributed by atoms with Crippen LogP contribution in [0.4, 0.5) is 5.82 Å². The number of nitrogens with two attached hydrogens (primary N) is 1. The van der Waals surface area contributed by atoms with Crippen molar-refractivity contribution in [2.45, 2.75) is 6.92 Å². The molecule has 2 N–H and O–H groups in total. The normalized spacial score (nSPS) is 9.83. The second-order valence-electron chi connectivity index (χ2n) is 2.29. The maximum absolute atomic E-state index is 11.2. The fourth-order valence-corrected chi connectivity index (χ4v) is 1.10. The highest BCUT2D eigenvalue weighted by molar-refractivity contribution is 9.09. The van der Waals surface area contributed by atoms with Crippen LogP contribution in [0.2, 0.25) is 0 Å². The molecule has 0 spiro atoms. The molecule has 4 nitrogen and oxygen atoms in total. The molecular weight excluding hydrogens is 222 g/mol. The van der Waals surface area contributed by atoms with Gasteiger partial charge in [0.05, 0.1) is 17.2 Å². The summed E-state index contributed by atoms with van der Waals surface area (Å²) in [6.45, 7) is 1.71. The molecular formula is C7H8BrN3O. The number of anilines is 1. The van der Waals surface area contributed by atoms with E-state index in [1.165, 1.54) is 6.20 Å². The second kappa shape index (κ2) is 3.62. The van der Waals surface area contributed by atoms with Crippen LogP contribution in [-0.2, 0) is 0 Å². The van der Waals surface area contributed by atoms with Crippen LogP contribution in [-0.4, -0.2) is 21.1 Å². The number of halogens is 1. The smallest absolute Gasteiger partial charge is 0.193 e. The van der Waals surface area contributed by atoms with Crippen molar-refractivity contribution >= 4 is 27.5 Å². The van der Waals surface area contributed by atoms with Crippen molar-refractivity contribution in [3.8, 4) is 0 Å². The topological polar surface area (TPSA) is 68.9 Å². The van der Waals surface area contributed by atoms with Gasteiger partial charge in [-0.1, -0.05) is 15.9 Å². The maximum atomic E-state index is 11.2. The Balaban J connectivity index is 3.09. The van der Waals surface area contributed by atoms with E-state index < -0.39 is 0 Å². The number of hydrogen-bond acceptors (Lipinski definition) is 4. The van der Waals surface area contributed by atoms with Gasteiger partial charge in [-0.05, 0) is 6.92 Å². The Hall–Kier alpha value is -0.970. The summed E-state index contributed by atoms with van der Waals surface area (Å²) in [5.41, 5.74) is 6.32. The minimum atomic E-state index is -0.0833. The summed E-state index contributed by atoms with van der Waals surface area (Å²) < 4.78 is 0. The molecule has 1 aromatic rings. The molecule has 0 unspecified atom stereocenters. The van der Waals surface area contributed by atoms with Crippen LogP contribution in [0.3, 0.4) is 0 Å². The number of nitrogens with zero attached hydrogens (tertiary/aromatic N) is 2. The minimum Gasteiger partial charge on any atom is -0.382 e. The van der Waals surface area contributed by atoms with Crippen molar-refractivity contribution in [2.24, 2.45) is 0 Å². The number of Topliss-reactive ketones (excluding diaryl/α,β-unsaturated/α-hetero) is 1. The van der Waals surface area contributed by atoms with Gasteiger partial charge in [0, 0.05) is 0 Å². The average molecular weight is 230 g/mol. The lowest BCUT2D eigenvalue weighted by Gasteiger charge is -2.00. The van der Waals surface area contributed by atoms with Crippen LogP contribution in [0.1, 0.15) is 16.2 Å². The van der Waals surface area contributed by atoms with Gasteiger partial charge in [0.1, 0.15) is 11.5 Å². The first-order chi connectivity index (χ1) is 5.65. The molecule has 0 saturated heterocycles. The van der Waals surface area contributed by atoms with E-state index in [0.717, 1.165) is 0 Å². The third-order valence-corrected chi connectivity index (χ3v) is 1.86. The Morgan fingerprint density at radius 3 is 2.92 bits per heavy atom. The van der Waals surface area contributed by atoms with E-state index in [2.05, 4.69) is 25.9 Å². The molecule has 0 bridgehead atoms. The van der Waals surface area contributed by atoms with Crippen molar-refractivity contribution in [3.63, 3.8) is 0 Å². The first-order valence-electron chi connectivity index (χ1n) is 3.33. The van der Waals surface area contributed by atoms with Crippen molar-refractivity contribution in [3.05, 3.63) is 17.6 Å². The van der Waals surface area contributed by atoms with Gasteiger partial charge < -0.3 is 5.73 Å². The lowest BCUT2D eigenvalue weighted by atomic mass is 10.2. The summed E-state index contributed by atoms with van der Waals surface area (Å²) in [5, 5.41) is 0.256.